The van der Waals surface area contributed by atoms with Gasteiger partial charge in [-0.2, -0.15) is 0 Å². The van der Waals surface area contributed by atoms with Crippen LogP contribution in [-0.4, -0.2) is 34.8 Å². The minimum atomic E-state index is -0.285. The summed E-state index contributed by atoms with van der Waals surface area (Å²) in [5, 5.41) is 1.01. The number of aromatic nitrogens is 1. The fourth-order valence-electron chi connectivity index (χ4n) is 4.69. The fourth-order valence-corrected chi connectivity index (χ4v) is 5.80. The lowest BCUT2D eigenvalue weighted by atomic mass is 10.1. The third-order valence-corrected chi connectivity index (χ3v) is 7.61. The lowest BCUT2D eigenvalue weighted by Gasteiger charge is -2.26. The van der Waals surface area contributed by atoms with Gasteiger partial charge in [-0.15, -0.1) is 11.3 Å². The number of hydrogen-bond acceptors (Lipinski definition) is 4. The third-order valence-electron chi connectivity index (χ3n) is 6.47. The number of thiazole rings is 1. The molecular weight excluding hydrogens is 394 g/mol. The van der Waals surface area contributed by atoms with Crippen LogP contribution in [0.3, 0.4) is 0 Å². The molecule has 0 spiro atoms. The van der Waals surface area contributed by atoms with Crippen molar-refractivity contribution in [2.75, 3.05) is 18.0 Å². The van der Waals surface area contributed by atoms with Crippen molar-refractivity contribution in [2.24, 2.45) is 5.92 Å². The number of para-hydroxylation sites is 1. The van der Waals surface area contributed by atoms with Gasteiger partial charge < -0.3 is 9.80 Å². The van der Waals surface area contributed by atoms with Gasteiger partial charge in [0.05, 0.1) is 22.2 Å². The van der Waals surface area contributed by atoms with Crippen LogP contribution in [0.2, 0.25) is 0 Å². The molecule has 2 fully saturated rings. The summed E-state index contributed by atoms with van der Waals surface area (Å²) in [6, 6.07) is 14.2. The van der Waals surface area contributed by atoms with Gasteiger partial charge in [-0.05, 0) is 56.0 Å². The number of carbonyl (C=O) groups is 2. The molecule has 3 aromatic rings. The summed E-state index contributed by atoms with van der Waals surface area (Å²) in [4.78, 5) is 34.8. The summed E-state index contributed by atoms with van der Waals surface area (Å²) < 4.78 is 1.16. The number of fused-ring (bicyclic) bond motifs is 1. The maximum Gasteiger partial charge on any atom is 0.228 e. The topological polar surface area (TPSA) is 53.5 Å². The molecule has 0 aliphatic carbocycles. The van der Waals surface area contributed by atoms with E-state index >= 15 is 0 Å². The van der Waals surface area contributed by atoms with Crippen molar-refractivity contribution in [1.29, 1.82) is 0 Å². The molecule has 3 heterocycles. The van der Waals surface area contributed by atoms with Gasteiger partial charge in [0.25, 0.3) is 0 Å². The lowest BCUT2D eigenvalue weighted by Crippen LogP contribution is -2.37. The van der Waals surface area contributed by atoms with Gasteiger partial charge in [-0.25, -0.2) is 4.98 Å². The molecule has 6 heteroatoms. The Kier molecular flexibility index (Phi) is 4.82. The second-order valence-electron chi connectivity index (χ2n) is 8.33. The molecule has 2 aliphatic heterocycles. The van der Waals surface area contributed by atoms with E-state index in [0.29, 0.717) is 6.54 Å². The summed E-state index contributed by atoms with van der Waals surface area (Å²) >= 11 is 1.68. The van der Waals surface area contributed by atoms with E-state index in [1.807, 2.05) is 42.2 Å². The number of amides is 2. The van der Waals surface area contributed by atoms with Crippen LogP contribution < -0.4 is 4.90 Å². The zero-order chi connectivity index (χ0) is 20.8. The first-order chi connectivity index (χ1) is 14.5. The highest BCUT2D eigenvalue weighted by atomic mass is 32.1. The van der Waals surface area contributed by atoms with Crippen molar-refractivity contribution in [1.82, 2.24) is 9.88 Å². The molecule has 2 aliphatic rings. The molecule has 2 atom stereocenters. The van der Waals surface area contributed by atoms with Crippen molar-refractivity contribution >= 4 is 39.1 Å². The number of hydrogen-bond donors (Lipinski definition) is 0. The molecule has 5 nitrogen and oxygen atoms in total. The lowest BCUT2D eigenvalue weighted by molar-refractivity contribution is -0.136. The zero-order valence-electron chi connectivity index (χ0n) is 17.3. The van der Waals surface area contributed by atoms with E-state index < -0.39 is 0 Å². The average Bonchev–Trinajstić information content (AvgIpc) is 3.46. The van der Waals surface area contributed by atoms with Gasteiger partial charge in [0.15, 0.2) is 0 Å². The smallest absolute Gasteiger partial charge is 0.228 e. The summed E-state index contributed by atoms with van der Waals surface area (Å²) in [6.07, 6.45) is 2.20. The highest BCUT2D eigenvalue weighted by Gasteiger charge is 2.41. The van der Waals surface area contributed by atoms with E-state index in [0.717, 1.165) is 51.4 Å². The van der Waals surface area contributed by atoms with E-state index in [9.17, 15) is 9.59 Å². The zero-order valence-corrected chi connectivity index (χ0v) is 18.1. The molecule has 154 valence electrons. The van der Waals surface area contributed by atoms with Crippen molar-refractivity contribution in [3.63, 3.8) is 0 Å². The van der Waals surface area contributed by atoms with E-state index in [1.165, 1.54) is 0 Å². The molecule has 2 saturated heterocycles. The van der Waals surface area contributed by atoms with Gasteiger partial charge in [0.2, 0.25) is 11.8 Å². The number of rotatable bonds is 3. The van der Waals surface area contributed by atoms with Crippen LogP contribution in [0, 0.1) is 19.8 Å². The molecule has 30 heavy (non-hydrogen) atoms. The Morgan fingerprint density at radius 1 is 1.13 bits per heavy atom. The third kappa shape index (κ3) is 3.19. The quantitative estimate of drug-likeness (QED) is 0.622. The largest absolute Gasteiger partial charge is 0.333 e. The predicted octanol–water partition coefficient (Wildman–Crippen LogP) is 4.63. The molecule has 0 saturated carbocycles. The van der Waals surface area contributed by atoms with Crippen molar-refractivity contribution in [2.45, 2.75) is 39.2 Å². The van der Waals surface area contributed by atoms with Crippen LogP contribution >= 0.6 is 11.3 Å². The Balaban J connectivity index is 1.37. The van der Waals surface area contributed by atoms with Crippen molar-refractivity contribution in [3.05, 3.63) is 58.6 Å². The Morgan fingerprint density at radius 2 is 1.97 bits per heavy atom. The fraction of sp³-hybridized carbons (Fsp3) is 0.375. The maximum absolute atomic E-state index is 13.4. The number of aryl methyl sites for hydroxylation is 1. The Hall–Kier alpha value is -2.73. The van der Waals surface area contributed by atoms with Crippen LogP contribution in [0.1, 0.15) is 41.4 Å². The SMILES string of the molecule is Cc1cccc(N2CC(C(=O)N3CCCC3c3nc4ccccc4s3)CC2=O)c1C. The highest BCUT2D eigenvalue weighted by molar-refractivity contribution is 7.18. The normalized spacial score (nSPS) is 21.7. The van der Waals surface area contributed by atoms with Crippen molar-refractivity contribution in [3.8, 4) is 0 Å². The first-order valence-corrected chi connectivity index (χ1v) is 11.4. The second-order valence-corrected chi connectivity index (χ2v) is 9.40. The molecule has 0 radical (unpaired) electrons. The van der Waals surface area contributed by atoms with E-state index in [1.54, 1.807) is 16.2 Å². The molecule has 5 rings (SSSR count). The monoisotopic (exact) mass is 419 g/mol. The second kappa shape index (κ2) is 7.51. The minimum absolute atomic E-state index is 0.0276. The number of benzene rings is 2. The van der Waals surface area contributed by atoms with Crippen molar-refractivity contribution < 1.29 is 9.59 Å². The number of nitrogens with zero attached hydrogens (tertiary/aromatic N) is 3. The van der Waals surface area contributed by atoms with E-state index in [4.69, 9.17) is 4.98 Å². The van der Waals surface area contributed by atoms with Crippen LogP contribution in [0.4, 0.5) is 5.69 Å². The molecule has 0 N–H and O–H groups in total. The van der Waals surface area contributed by atoms with Gasteiger partial charge in [-0.1, -0.05) is 24.3 Å². The summed E-state index contributed by atoms with van der Waals surface area (Å²) in [5.74, 6) is -0.150. The average molecular weight is 420 g/mol. The van der Waals surface area contributed by atoms with Gasteiger partial charge in [0, 0.05) is 25.2 Å². The first-order valence-electron chi connectivity index (χ1n) is 10.6. The van der Waals surface area contributed by atoms with E-state index in [-0.39, 0.29) is 30.2 Å². The molecule has 2 amide bonds. The molecule has 2 unspecified atom stereocenters. The minimum Gasteiger partial charge on any atom is -0.333 e. The van der Waals surface area contributed by atoms with Crippen LogP contribution in [0.25, 0.3) is 10.2 Å². The summed E-state index contributed by atoms with van der Waals surface area (Å²) in [7, 11) is 0. The Morgan fingerprint density at radius 3 is 2.80 bits per heavy atom. The number of carbonyl (C=O) groups excluding carboxylic acids is 2. The summed E-state index contributed by atoms with van der Waals surface area (Å²) in [5.41, 5.74) is 4.19. The van der Waals surface area contributed by atoms with Crippen LogP contribution in [0.5, 0.6) is 0 Å². The predicted molar refractivity (Wildman–Crippen MR) is 120 cm³/mol. The number of likely N-dealkylation sites (tertiary alicyclic amines) is 1. The molecule has 0 bridgehead atoms. The maximum atomic E-state index is 13.4. The Labute approximate surface area is 180 Å². The molecule has 2 aromatic carbocycles. The summed E-state index contributed by atoms with van der Waals surface area (Å²) in [6.45, 7) is 5.30. The highest BCUT2D eigenvalue weighted by Crippen LogP contribution is 2.39. The van der Waals surface area contributed by atoms with Crippen LogP contribution in [0.15, 0.2) is 42.5 Å². The standard InChI is InChI=1S/C24H25N3O2S/c1-15-7-5-9-19(16(15)2)27-14-17(13-22(27)28)24(29)26-12-6-10-20(26)23-25-18-8-3-4-11-21(18)30-23/h3-5,7-9,11,17,20H,6,10,12-14H2,1-2H3. The molecule has 1 aromatic heterocycles. The number of anilines is 1. The van der Waals surface area contributed by atoms with Gasteiger partial charge in [0.1, 0.15) is 5.01 Å². The van der Waals surface area contributed by atoms with E-state index in [2.05, 4.69) is 19.1 Å². The van der Waals surface area contributed by atoms with Gasteiger partial charge in [-0.3, -0.25) is 9.59 Å². The first kappa shape index (κ1) is 19.2. The molecular formula is C24H25N3O2S. The van der Waals surface area contributed by atoms with Gasteiger partial charge >= 0.3 is 0 Å². The van der Waals surface area contributed by atoms with Crippen LogP contribution in [-0.2, 0) is 9.59 Å². The Bertz CT molecular complexity index is 1110.